The van der Waals surface area contributed by atoms with Crippen LogP contribution in [0.25, 0.3) is 0 Å². The second kappa shape index (κ2) is 6.46. The Morgan fingerprint density at radius 2 is 2.00 bits per heavy atom. The molecule has 0 aromatic rings. The van der Waals surface area contributed by atoms with Crippen molar-refractivity contribution in [3.8, 4) is 0 Å². The molecule has 0 aliphatic carbocycles. The molecule has 1 aliphatic heterocycles. The largest absolute Gasteiger partial charge is 0.393 e. The first kappa shape index (κ1) is 12.9. The van der Waals surface area contributed by atoms with E-state index in [0.717, 1.165) is 25.8 Å². The van der Waals surface area contributed by atoms with Crippen LogP contribution < -0.4 is 5.32 Å². The number of hydrogen-bond donors (Lipinski definition) is 3. The van der Waals surface area contributed by atoms with Crippen LogP contribution in [0.2, 0.25) is 0 Å². The monoisotopic (exact) mass is 215 g/mol. The van der Waals surface area contributed by atoms with Gasteiger partial charge in [0.05, 0.1) is 6.10 Å². The predicted molar refractivity (Wildman–Crippen MR) is 61.6 cm³/mol. The Bertz CT molecular complexity index is 175. The predicted octanol–water partition coefficient (Wildman–Crippen LogP) is 1.78. The van der Waals surface area contributed by atoms with Crippen LogP contribution in [0.15, 0.2) is 0 Å². The maximum atomic E-state index is 10.1. The molecule has 3 heteroatoms. The normalized spacial score (nSPS) is 31.8. The molecule has 3 N–H and O–H groups in total. The maximum Gasteiger partial charge on any atom is 0.118 e. The lowest BCUT2D eigenvalue weighted by atomic mass is 9.93. The molecule has 1 fully saturated rings. The fraction of sp³-hybridized carbons (Fsp3) is 1.00. The molecule has 1 rings (SSSR count). The van der Waals surface area contributed by atoms with E-state index in [9.17, 15) is 10.2 Å². The van der Waals surface area contributed by atoms with Gasteiger partial charge in [-0.1, -0.05) is 32.6 Å². The highest BCUT2D eigenvalue weighted by Crippen LogP contribution is 2.23. The zero-order valence-corrected chi connectivity index (χ0v) is 9.84. The standard InChI is InChI=1S/C12H25NO2/c1-2-3-4-5-6-8-12(15)10-11(14)7-9-13-12/h11,13-15H,2-10H2,1H3. The quantitative estimate of drug-likeness (QED) is 0.592. The van der Waals surface area contributed by atoms with Gasteiger partial charge in [0.2, 0.25) is 0 Å². The second-order valence-corrected chi connectivity index (χ2v) is 4.77. The molecule has 0 amide bonds. The molecule has 1 aliphatic rings. The SMILES string of the molecule is CCCCCCCC1(O)CC(O)CCN1. The minimum absolute atomic E-state index is 0.327. The number of unbranched alkanes of at least 4 members (excludes halogenated alkanes) is 4. The van der Waals surface area contributed by atoms with Crippen LogP contribution in [-0.2, 0) is 0 Å². The van der Waals surface area contributed by atoms with Crippen LogP contribution in [0.1, 0.15) is 58.3 Å². The van der Waals surface area contributed by atoms with Gasteiger partial charge >= 0.3 is 0 Å². The van der Waals surface area contributed by atoms with Gasteiger partial charge in [-0.2, -0.15) is 0 Å². The summed E-state index contributed by atoms with van der Waals surface area (Å²) in [7, 11) is 0. The molecule has 0 saturated carbocycles. The maximum absolute atomic E-state index is 10.1. The number of hydrogen-bond acceptors (Lipinski definition) is 3. The molecule has 90 valence electrons. The summed E-state index contributed by atoms with van der Waals surface area (Å²) in [5, 5.41) is 22.7. The minimum atomic E-state index is -0.802. The van der Waals surface area contributed by atoms with E-state index in [1.807, 2.05) is 0 Å². The van der Waals surface area contributed by atoms with Gasteiger partial charge in [-0.25, -0.2) is 0 Å². The van der Waals surface area contributed by atoms with Crippen molar-refractivity contribution in [2.24, 2.45) is 0 Å². The first-order valence-electron chi connectivity index (χ1n) is 6.32. The molecule has 2 unspecified atom stereocenters. The van der Waals surface area contributed by atoms with Crippen molar-refractivity contribution in [2.75, 3.05) is 6.54 Å². The molecule has 2 atom stereocenters. The summed E-state index contributed by atoms with van der Waals surface area (Å²) in [5.41, 5.74) is -0.802. The Morgan fingerprint density at radius 3 is 2.67 bits per heavy atom. The third-order valence-electron chi connectivity index (χ3n) is 3.20. The Labute approximate surface area is 92.9 Å². The minimum Gasteiger partial charge on any atom is -0.393 e. The summed E-state index contributed by atoms with van der Waals surface area (Å²) in [6.07, 6.45) is 7.73. The number of aliphatic hydroxyl groups excluding tert-OH is 1. The van der Waals surface area contributed by atoms with Crippen molar-refractivity contribution in [3.05, 3.63) is 0 Å². The third kappa shape index (κ3) is 4.96. The van der Waals surface area contributed by atoms with Crippen LogP contribution >= 0.6 is 0 Å². The molecule has 0 bridgehead atoms. The van der Waals surface area contributed by atoms with Crippen molar-refractivity contribution in [1.29, 1.82) is 0 Å². The first-order chi connectivity index (χ1) is 7.16. The van der Waals surface area contributed by atoms with Crippen LogP contribution in [0.5, 0.6) is 0 Å². The van der Waals surface area contributed by atoms with Gasteiger partial charge in [-0.3, -0.25) is 5.32 Å². The van der Waals surface area contributed by atoms with E-state index in [1.54, 1.807) is 0 Å². The molecule has 0 spiro atoms. The molecular formula is C12H25NO2. The lowest BCUT2D eigenvalue weighted by Crippen LogP contribution is -2.52. The van der Waals surface area contributed by atoms with E-state index in [-0.39, 0.29) is 6.10 Å². The van der Waals surface area contributed by atoms with E-state index < -0.39 is 5.72 Å². The van der Waals surface area contributed by atoms with Gasteiger partial charge in [0, 0.05) is 13.0 Å². The van der Waals surface area contributed by atoms with Gasteiger partial charge < -0.3 is 10.2 Å². The Kier molecular flexibility index (Phi) is 5.58. The lowest BCUT2D eigenvalue weighted by molar-refractivity contribution is -0.0689. The molecule has 3 nitrogen and oxygen atoms in total. The Balaban J connectivity index is 2.12. The molecular weight excluding hydrogens is 190 g/mol. The molecule has 0 aromatic heterocycles. The van der Waals surface area contributed by atoms with Gasteiger partial charge in [-0.15, -0.1) is 0 Å². The Hall–Kier alpha value is -0.120. The number of rotatable bonds is 6. The summed E-state index contributed by atoms with van der Waals surface area (Å²) < 4.78 is 0. The average molecular weight is 215 g/mol. The van der Waals surface area contributed by atoms with E-state index >= 15 is 0 Å². The van der Waals surface area contributed by atoms with E-state index in [2.05, 4.69) is 12.2 Å². The average Bonchev–Trinajstić information content (AvgIpc) is 2.17. The zero-order chi connectivity index (χ0) is 11.1. The molecule has 0 aromatic carbocycles. The molecule has 1 saturated heterocycles. The summed E-state index contributed by atoms with van der Waals surface area (Å²) in [6, 6.07) is 0. The van der Waals surface area contributed by atoms with Gasteiger partial charge in [0.25, 0.3) is 0 Å². The topological polar surface area (TPSA) is 52.5 Å². The highest BCUT2D eigenvalue weighted by atomic mass is 16.3. The molecule has 15 heavy (non-hydrogen) atoms. The summed E-state index contributed by atoms with van der Waals surface area (Å²) in [4.78, 5) is 0. The van der Waals surface area contributed by atoms with Gasteiger partial charge in [0.15, 0.2) is 0 Å². The summed E-state index contributed by atoms with van der Waals surface area (Å²) >= 11 is 0. The van der Waals surface area contributed by atoms with Crippen LogP contribution in [0.4, 0.5) is 0 Å². The molecule has 1 heterocycles. The fourth-order valence-electron chi connectivity index (χ4n) is 2.25. The van der Waals surface area contributed by atoms with Crippen LogP contribution in [0, 0.1) is 0 Å². The Morgan fingerprint density at radius 1 is 1.27 bits per heavy atom. The second-order valence-electron chi connectivity index (χ2n) is 4.77. The van der Waals surface area contributed by atoms with Crippen molar-refractivity contribution < 1.29 is 10.2 Å². The van der Waals surface area contributed by atoms with E-state index in [4.69, 9.17) is 0 Å². The van der Waals surface area contributed by atoms with Crippen molar-refractivity contribution in [3.63, 3.8) is 0 Å². The van der Waals surface area contributed by atoms with Crippen LogP contribution in [0.3, 0.4) is 0 Å². The van der Waals surface area contributed by atoms with E-state index in [1.165, 1.54) is 25.7 Å². The van der Waals surface area contributed by atoms with Crippen LogP contribution in [-0.4, -0.2) is 28.6 Å². The van der Waals surface area contributed by atoms with Crippen molar-refractivity contribution >= 4 is 0 Å². The van der Waals surface area contributed by atoms with Crippen molar-refractivity contribution in [2.45, 2.75) is 70.1 Å². The highest BCUT2D eigenvalue weighted by molar-refractivity contribution is 4.84. The number of nitrogens with one attached hydrogen (secondary N) is 1. The van der Waals surface area contributed by atoms with E-state index in [0.29, 0.717) is 6.42 Å². The lowest BCUT2D eigenvalue weighted by Gasteiger charge is -2.36. The zero-order valence-electron chi connectivity index (χ0n) is 9.84. The number of piperidine rings is 1. The third-order valence-corrected chi connectivity index (χ3v) is 3.20. The summed E-state index contributed by atoms with van der Waals surface area (Å²) in [5.74, 6) is 0. The van der Waals surface area contributed by atoms with Crippen molar-refractivity contribution in [1.82, 2.24) is 5.32 Å². The van der Waals surface area contributed by atoms with Gasteiger partial charge in [0.1, 0.15) is 5.72 Å². The smallest absolute Gasteiger partial charge is 0.118 e. The van der Waals surface area contributed by atoms with Gasteiger partial charge in [-0.05, 0) is 19.3 Å². The number of aliphatic hydroxyl groups is 2. The molecule has 0 radical (unpaired) electrons. The fourth-order valence-corrected chi connectivity index (χ4v) is 2.25. The summed E-state index contributed by atoms with van der Waals surface area (Å²) in [6.45, 7) is 2.93. The highest BCUT2D eigenvalue weighted by Gasteiger charge is 2.32. The first-order valence-corrected chi connectivity index (χ1v) is 6.32.